The third-order valence-electron chi connectivity index (χ3n) is 4.27. The zero-order valence-electron chi connectivity index (χ0n) is 16.3. The first-order valence-corrected chi connectivity index (χ1v) is 12.4. The Kier molecular flexibility index (Phi) is 7.95. The van der Waals surface area contributed by atoms with Gasteiger partial charge in [-0.2, -0.15) is 11.8 Å². The van der Waals surface area contributed by atoms with Crippen LogP contribution < -0.4 is 10.0 Å². The van der Waals surface area contributed by atoms with Gasteiger partial charge in [0.05, 0.1) is 4.90 Å². The molecule has 0 spiro atoms. The van der Waals surface area contributed by atoms with Crippen LogP contribution in [0.2, 0.25) is 5.02 Å². The molecular formula is C22H20ClFN2O3S2. The van der Waals surface area contributed by atoms with Gasteiger partial charge in [0.25, 0.3) is 15.9 Å². The molecule has 3 aromatic rings. The summed E-state index contributed by atoms with van der Waals surface area (Å²) in [6.45, 7) is 0.371. The first kappa shape index (κ1) is 23.1. The van der Waals surface area contributed by atoms with Crippen LogP contribution in [0.1, 0.15) is 15.9 Å². The van der Waals surface area contributed by atoms with E-state index in [0.29, 0.717) is 39.9 Å². The molecule has 1 amide bonds. The van der Waals surface area contributed by atoms with Gasteiger partial charge in [-0.1, -0.05) is 41.9 Å². The molecule has 3 aromatic carbocycles. The number of sulfonamides is 1. The third kappa shape index (κ3) is 6.46. The second-order valence-corrected chi connectivity index (χ2v) is 9.70. The summed E-state index contributed by atoms with van der Waals surface area (Å²) < 4.78 is 41.1. The highest BCUT2D eigenvalue weighted by Crippen LogP contribution is 2.23. The van der Waals surface area contributed by atoms with E-state index in [2.05, 4.69) is 10.0 Å². The lowest BCUT2D eigenvalue weighted by atomic mass is 10.2. The fraction of sp³-hybridized carbons (Fsp3) is 0.136. The molecule has 0 aliphatic heterocycles. The smallest absolute Gasteiger partial charge is 0.261 e. The van der Waals surface area contributed by atoms with E-state index in [-0.39, 0.29) is 16.6 Å². The zero-order chi connectivity index (χ0) is 22.3. The van der Waals surface area contributed by atoms with Gasteiger partial charge in [-0.15, -0.1) is 0 Å². The van der Waals surface area contributed by atoms with Crippen molar-refractivity contribution in [1.82, 2.24) is 5.32 Å². The Labute approximate surface area is 190 Å². The van der Waals surface area contributed by atoms with Gasteiger partial charge in [-0.25, -0.2) is 12.8 Å². The molecule has 0 saturated heterocycles. The summed E-state index contributed by atoms with van der Waals surface area (Å²) in [5.74, 6) is 0.290. The van der Waals surface area contributed by atoms with Crippen molar-refractivity contribution in [3.63, 3.8) is 0 Å². The number of benzene rings is 3. The van der Waals surface area contributed by atoms with Gasteiger partial charge < -0.3 is 5.32 Å². The van der Waals surface area contributed by atoms with Crippen LogP contribution in [-0.2, 0) is 15.8 Å². The molecule has 9 heteroatoms. The zero-order valence-corrected chi connectivity index (χ0v) is 18.7. The predicted molar refractivity (Wildman–Crippen MR) is 124 cm³/mol. The average molecular weight is 479 g/mol. The molecule has 0 unspecified atom stereocenters. The minimum absolute atomic E-state index is 0.136. The van der Waals surface area contributed by atoms with Gasteiger partial charge in [0.15, 0.2) is 0 Å². The Balaban J connectivity index is 1.52. The van der Waals surface area contributed by atoms with E-state index in [1.807, 2.05) is 0 Å². The van der Waals surface area contributed by atoms with Crippen LogP contribution >= 0.6 is 23.4 Å². The van der Waals surface area contributed by atoms with Gasteiger partial charge in [0, 0.05) is 39.9 Å². The normalized spacial score (nSPS) is 11.2. The molecule has 0 atom stereocenters. The third-order valence-corrected chi connectivity index (χ3v) is 7.01. The molecule has 162 valence electrons. The topological polar surface area (TPSA) is 75.3 Å². The monoisotopic (exact) mass is 478 g/mol. The molecule has 0 aromatic heterocycles. The van der Waals surface area contributed by atoms with Crippen molar-refractivity contribution in [1.29, 1.82) is 0 Å². The van der Waals surface area contributed by atoms with Crippen LogP contribution in [0.5, 0.6) is 0 Å². The fourth-order valence-corrected chi connectivity index (χ4v) is 4.99. The highest BCUT2D eigenvalue weighted by molar-refractivity contribution is 7.98. The second kappa shape index (κ2) is 10.7. The molecule has 31 heavy (non-hydrogen) atoms. The molecule has 0 aliphatic carbocycles. The lowest BCUT2D eigenvalue weighted by Gasteiger charge is -2.10. The Hall–Kier alpha value is -2.55. The second-order valence-electron chi connectivity index (χ2n) is 6.51. The molecule has 0 fully saturated rings. The highest BCUT2D eigenvalue weighted by atomic mass is 35.5. The minimum atomic E-state index is -3.74. The van der Waals surface area contributed by atoms with Crippen molar-refractivity contribution < 1.29 is 17.6 Å². The lowest BCUT2D eigenvalue weighted by molar-refractivity contribution is 0.0956. The molecule has 0 radical (unpaired) electrons. The molecule has 2 N–H and O–H groups in total. The molecule has 0 bridgehead atoms. The number of thioether (sulfide) groups is 1. The molecular weight excluding hydrogens is 459 g/mol. The van der Waals surface area contributed by atoms with Crippen LogP contribution in [0, 0.1) is 5.82 Å². The summed E-state index contributed by atoms with van der Waals surface area (Å²) in [6.07, 6.45) is 0. The van der Waals surface area contributed by atoms with Gasteiger partial charge in [0.1, 0.15) is 5.82 Å². The highest BCUT2D eigenvalue weighted by Gasteiger charge is 2.14. The van der Waals surface area contributed by atoms with Gasteiger partial charge in [0.2, 0.25) is 0 Å². The number of hydrogen-bond acceptors (Lipinski definition) is 4. The Morgan fingerprint density at radius 1 is 1.00 bits per heavy atom. The maximum Gasteiger partial charge on any atom is 0.261 e. The van der Waals surface area contributed by atoms with Gasteiger partial charge >= 0.3 is 0 Å². The van der Waals surface area contributed by atoms with Gasteiger partial charge in [-0.3, -0.25) is 9.52 Å². The average Bonchev–Trinajstić information content (AvgIpc) is 2.75. The largest absolute Gasteiger partial charge is 0.351 e. The van der Waals surface area contributed by atoms with E-state index in [9.17, 15) is 17.6 Å². The number of anilines is 1. The first-order chi connectivity index (χ1) is 14.9. The molecule has 0 saturated carbocycles. The maximum absolute atomic E-state index is 13.8. The van der Waals surface area contributed by atoms with Crippen molar-refractivity contribution in [2.24, 2.45) is 0 Å². The van der Waals surface area contributed by atoms with Crippen LogP contribution in [-0.4, -0.2) is 26.6 Å². The van der Waals surface area contributed by atoms with E-state index in [1.165, 1.54) is 36.0 Å². The van der Waals surface area contributed by atoms with Crippen molar-refractivity contribution in [3.05, 3.63) is 94.8 Å². The summed E-state index contributed by atoms with van der Waals surface area (Å²) in [6, 6.07) is 18.8. The Bertz CT molecular complexity index is 1140. The van der Waals surface area contributed by atoms with Crippen LogP contribution in [0.3, 0.4) is 0 Å². The summed E-state index contributed by atoms with van der Waals surface area (Å²) in [7, 11) is -3.74. The van der Waals surface area contributed by atoms with Crippen LogP contribution in [0.15, 0.2) is 77.7 Å². The SMILES string of the molecule is O=C(NCCSCc1c(F)cccc1Cl)c1cccc(NS(=O)(=O)c2ccccc2)c1. The predicted octanol–water partition coefficient (Wildman–Crippen LogP) is 4.94. The van der Waals surface area contributed by atoms with E-state index >= 15 is 0 Å². The van der Waals surface area contributed by atoms with Crippen molar-refractivity contribution in [2.75, 3.05) is 17.0 Å². The van der Waals surface area contributed by atoms with Crippen molar-refractivity contribution in [3.8, 4) is 0 Å². The summed E-state index contributed by atoms with van der Waals surface area (Å²) in [4.78, 5) is 12.5. The number of nitrogens with one attached hydrogen (secondary N) is 2. The molecule has 5 nitrogen and oxygen atoms in total. The van der Waals surface area contributed by atoms with E-state index in [4.69, 9.17) is 11.6 Å². The summed E-state index contributed by atoms with van der Waals surface area (Å²) in [5.41, 5.74) is 1.06. The first-order valence-electron chi connectivity index (χ1n) is 9.33. The van der Waals surface area contributed by atoms with Gasteiger partial charge in [-0.05, 0) is 42.5 Å². The fourth-order valence-electron chi connectivity index (χ4n) is 2.72. The maximum atomic E-state index is 13.8. The number of rotatable bonds is 9. The van der Waals surface area contributed by atoms with E-state index in [1.54, 1.807) is 48.5 Å². The molecule has 0 aliphatic rings. The van der Waals surface area contributed by atoms with E-state index < -0.39 is 10.0 Å². The molecule has 0 heterocycles. The number of carbonyl (C=O) groups excluding carboxylic acids is 1. The summed E-state index contributed by atoms with van der Waals surface area (Å²) in [5, 5.41) is 3.15. The quantitative estimate of drug-likeness (QED) is 0.427. The molecule has 3 rings (SSSR count). The lowest BCUT2D eigenvalue weighted by Crippen LogP contribution is -2.26. The van der Waals surface area contributed by atoms with E-state index in [0.717, 1.165) is 0 Å². The Morgan fingerprint density at radius 3 is 2.48 bits per heavy atom. The number of halogens is 2. The Morgan fingerprint density at radius 2 is 1.74 bits per heavy atom. The van der Waals surface area contributed by atoms with Crippen LogP contribution in [0.4, 0.5) is 10.1 Å². The van der Waals surface area contributed by atoms with Crippen LogP contribution in [0.25, 0.3) is 0 Å². The number of amides is 1. The van der Waals surface area contributed by atoms with Crippen molar-refractivity contribution in [2.45, 2.75) is 10.6 Å². The summed E-state index contributed by atoms with van der Waals surface area (Å²) >= 11 is 7.45. The standard InChI is InChI=1S/C22H20ClFN2O3S2/c23-20-10-5-11-21(24)19(20)15-30-13-12-25-22(27)16-6-4-7-17(14-16)26-31(28,29)18-8-2-1-3-9-18/h1-11,14,26H,12-13,15H2,(H,25,27). The number of carbonyl (C=O) groups is 1. The number of hydrogen-bond donors (Lipinski definition) is 2. The van der Waals surface area contributed by atoms with Crippen molar-refractivity contribution >= 4 is 45.0 Å². The minimum Gasteiger partial charge on any atom is -0.351 e.